The molecule has 3 N–H and O–H groups in total. The maximum Gasteiger partial charge on any atom is 0.303 e. The lowest BCUT2D eigenvalue weighted by Gasteiger charge is -2.21. The van der Waals surface area contributed by atoms with E-state index in [1.807, 2.05) is 6.92 Å². The lowest BCUT2D eigenvalue weighted by atomic mass is 9.89. The van der Waals surface area contributed by atoms with Gasteiger partial charge in [-0.2, -0.15) is 0 Å². The highest BCUT2D eigenvalue weighted by atomic mass is 16.4. The molecule has 1 fully saturated rings. The monoisotopic (exact) mass is 214 g/mol. The van der Waals surface area contributed by atoms with Gasteiger partial charge in [-0.25, -0.2) is 0 Å². The van der Waals surface area contributed by atoms with E-state index in [1.54, 1.807) is 0 Å². The normalized spacial score (nSPS) is 25.1. The second kappa shape index (κ2) is 5.11. The Balaban J connectivity index is 2.21. The number of aliphatic carboxylic acids is 1. The van der Waals surface area contributed by atoms with Crippen molar-refractivity contribution in [1.82, 2.24) is 10.6 Å². The first-order valence-electron chi connectivity index (χ1n) is 5.25. The van der Waals surface area contributed by atoms with Gasteiger partial charge in [0.1, 0.15) is 0 Å². The van der Waals surface area contributed by atoms with Crippen LogP contribution in [0.3, 0.4) is 0 Å². The van der Waals surface area contributed by atoms with Gasteiger partial charge in [0, 0.05) is 19.5 Å². The summed E-state index contributed by atoms with van der Waals surface area (Å²) >= 11 is 0. The van der Waals surface area contributed by atoms with Crippen LogP contribution in [0.15, 0.2) is 0 Å². The van der Waals surface area contributed by atoms with Crippen molar-refractivity contribution in [3.05, 3.63) is 0 Å². The number of rotatable bonds is 5. The minimum Gasteiger partial charge on any atom is -0.481 e. The van der Waals surface area contributed by atoms with Crippen LogP contribution in [-0.2, 0) is 9.59 Å². The van der Waals surface area contributed by atoms with Crippen molar-refractivity contribution < 1.29 is 14.7 Å². The molecule has 0 aromatic carbocycles. The van der Waals surface area contributed by atoms with Crippen LogP contribution >= 0.6 is 0 Å². The Morgan fingerprint density at radius 2 is 2.27 bits per heavy atom. The number of amides is 1. The van der Waals surface area contributed by atoms with Crippen molar-refractivity contribution in [3.8, 4) is 0 Å². The Kier molecular flexibility index (Phi) is 4.08. The van der Waals surface area contributed by atoms with E-state index in [-0.39, 0.29) is 17.7 Å². The average Bonchev–Trinajstić information content (AvgIpc) is 2.60. The van der Waals surface area contributed by atoms with Crippen LogP contribution in [0.4, 0.5) is 0 Å². The van der Waals surface area contributed by atoms with Crippen LogP contribution < -0.4 is 10.6 Å². The molecular formula is C10H18N2O3. The van der Waals surface area contributed by atoms with Crippen molar-refractivity contribution in [1.29, 1.82) is 0 Å². The predicted octanol–water partition coefficient (Wildman–Crippen LogP) is -0.0330. The smallest absolute Gasteiger partial charge is 0.303 e. The summed E-state index contributed by atoms with van der Waals surface area (Å²) in [6, 6.07) is 0. The van der Waals surface area contributed by atoms with Crippen molar-refractivity contribution >= 4 is 11.9 Å². The predicted molar refractivity (Wildman–Crippen MR) is 55.5 cm³/mol. The number of carbonyl (C=O) groups excluding carboxylic acids is 1. The van der Waals surface area contributed by atoms with Crippen LogP contribution in [0.25, 0.3) is 0 Å². The molecule has 1 saturated heterocycles. The van der Waals surface area contributed by atoms with Gasteiger partial charge in [0.05, 0.1) is 5.41 Å². The summed E-state index contributed by atoms with van der Waals surface area (Å²) in [7, 11) is 0. The van der Waals surface area contributed by atoms with Gasteiger partial charge in [-0.1, -0.05) is 0 Å². The molecular weight excluding hydrogens is 196 g/mol. The first kappa shape index (κ1) is 12.0. The average molecular weight is 214 g/mol. The Morgan fingerprint density at radius 1 is 1.53 bits per heavy atom. The third-order valence-corrected chi connectivity index (χ3v) is 2.77. The van der Waals surface area contributed by atoms with E-state index < -0.39 is 5.97 Å². The zero-order chi connectivity index (χ0) is 11.3. The first-order chi connectivity index (χ1) is 7.04. The summed E-state index contributed by atoms with van der Waals surface area (Å²) in [5.74, 6) is -0.795. The Hall–Kier alpha value is -1.10. The van der Waals surface area contributed by atoms with Gasteiger partial charge in [-0.05, 0) is 26.3 Å². The van der Waals surface area contributed by atoms with E-state index in [1.165, 1.54) is 0 Å². The largest absolute Gasteiger partial charge is 0.481 e. The number of hydrogen-bond acceptors (Lipinski definition) is 3. The Bertz CT molecular complexity index is 247. The fraction of sp³-hybridized carbons (Fsp3) is 0.800. The maximum absolute atomic E-state index is 11.7. The van der Waals surface area contributed by atoms with E-state index in [0.717, 1.165) is 13.0 Å². The van der Waals surface area contributed by atoms with Crippen LogP contribution in [0, 0.1) is 5.41 Å². The highest BCUT2D eigenvalue weighted by molar-refractivity contribution is 5.82. The molecule has 0 aliphatic carbocycles. The molecule has 15 heavy (non-hydrogen) atoms. The van der Waals surface area contributed by atoms with Gasteiger partial charge >= 0.3 is 5.97 Å². The minimum atomic E-state index is -0.821. The second-order valence-electron chi connectivity index (χ2n) is 4.24. The minimum absolute atomic E-state index is 0.0258. The number of nitrogens with one attached hydrogen (secondary N) is 2. The van der Waals surface area contributed by atoms with Crippen LogP contribution in [-0.4, -0.2) is 36.6 Å². The molecule has 1 aliphatic rings. The fourth-order valence-corrected chi connectivity index (χ4v) is 1.67. The van der Waals surface area contributed by atoms with Crippen molar-refractivity contribution in [2.75, 3.05) is 19.6 Å². The van der Waals surface area contributed by atoms with E-state index in [2.05, 4.69) is 10.6 Å². The highest BCUT2D eigenvalue weighted by Crippen LogP contribution is 2.24. The number of carboxylic acid groups (broad SMARTS) is 1. The number of carboxylic acids is 1. The second-order valence-corrected chi connectivity index (χ2v) is 4.24. The number of hydrogen-bond donors (Lipinski definition) is 3. The molecule has 0 radical (unpaired) electrons. The zero-order valence-corrected chi connectivity index (χ0v) is 9.01. The molecule has 86 valence electrons. The van der Waals surface area contributed by atoms with E-state index in [0.29, 0.717) is 19.5 Å². The zero-order valence-electron chi connectivity index (χ0n) is 9.01. The quantitative estimate of drug-likeness (QED) is 0.561. The van der Waals surface area contributed by atoms with E-state index in [9.17, 15) is 9.59 Å². The van der Waals surface area contributed by atoms with Crippen molar-refractivity contribution in [2.45, 2.75) is 26.2 Å². The standard InChI is InChI=1S/C10H18N2O3/c1-10(4-6-11-7-10)9(15)12-5-2-3-8(13)14/h11H,2-7H2,1H3,(H,12,15)(H,13,14). The lowest BCUT2D eigenvalue weighted by Crippen LogP contribution is -2.40. The Morgan fingerprint density at radius 3 is 2.80 bits per heavy atom. The molecule has 1 atom stereocenters. The van der Waals surface area contributed by atoms with Gasteiger partial charge in [0.2, 0.25) is 5.91 Å². The summed E-state index contributed by atoms with van der Waals surface area (Å²) < 4.78 is 0. The third-order valence-electron chi connectivity index (χ3n) is 2.77. The summed E-state index contributed by atoms with van der Waals surface area (Å²) in [4.78, 5) is 22.0. The van der Waals surface area contributed by atoms with Crippen LogP contribution in [0.1, 0.15) is 26.2 Å². The van der Waals surface area contributed by atoms with Gasteiger partial charge in [-0.3, -0.25) is 9.59 Å². The van der Waals surface area contributed by atoms with Gasteiger partial charge in [0.25, 0.3) is 0 Å². The molecule has 0 saturated carbocycles. The van der Waals surface area contributed by atoms with Crippen LogP contribution in [0.5, 0.6) is 0 Å². The molecule has 0 aromatic rings. The summed E-state index contributed by atoms with van der Waals surface area (Å²) in [6.07, 6.45) is 1.44. The molecule has 0 spiro atoms. The molecule has 1 amide bonds. The topological polar surface area (TPSA) is 78.4 Å². The Labute approximate surface area is 89.2 Å². The SMILES string of the molecule is CC1(C(=O)NCCCC(=O)O)CCNC1. The highest BCUT2D eigenvalue weighted by Gasteiger charge is 2.35. The fourth-order valence-electron chi connectivity index (χ4n) is 1.67. The van der Waals surface area contributed by atoms with Crippen molar-refractivity contribution in [3.63, 3.8) is 0 Å². The van der Waals surface area contributed by atoms with Gasteiger partial charge in [0.15, 0.2) is 0 Å². The van der Waals surface area contributed by atoms with Crippen LogP contribution in [0.2, 0.25) is 0 Å². The summed E-state index contributed by atoms with van der Waals surface area (Å²) in [5.41, 5.74) is -0.316. The van der Waals surface area contributed by atoms with E-state index >= 15 is 0 Å². The van der Waals surface area contributed by atoms with Crippen molar-refractivity contribution in [2.24, 2.45) is 5.41 Å². The molecule has 5 nitrogen and oxygen atoms in total. The third kappa shape index (κ3) is 3.51. The summed E-state index contributed by atoms with van der Waals surface area (Å²) in [6.45, 7) is 3.96. The molecule has 1 heterocycles. The molecule has 1 aliphatic heterocycles. The lowest BCUT2D eigenvalue weighted by molar-refractivity contribution is -0.137. The van der Waals surface area contributed by atoms with Gasteiger partial charge in [-0.15, -0.1) is 0 Å². The molecule has 1 rings (SSSR count). The molecule has 5 heteroatoms. The summed E-state index contributed by atoms with van der Waals surface area (Å²) in [5, 5.41) is 14.3. The number of carbonyl (C=O) groups is 2. The van der Waals surface area contributed by atoms with Gasteiger partial charge < -0.3 is 15.7 Å². The molecule has 0 aromatic heterocycles. The maximum atomic E-state index is 11.7. The first-order valence-corrected chi connectivity index (χ1v) is 5.25. The molecule has 1 unspecified atom stereocenters. The van der Waals surface area contributed by atoms with E-state index in [4.69, 9.17) is 5.11 Å². The molecule has 0 bridgehead atoms.